The minimum absolute atomic E-state index is 0.936. The molecule has 0 saturated carbocycles. The fraction of sp³-hybridized carbons (Fsp3) is 0. The maximum Gasteiger partial charge on any atom is 0.145 e. The zero-order chi connectivity index (χ0) is 41.2. The molecule has 0 unspecified atom stereocenters. The molecule has 0 spiro atoms. The highest BCUT2D eigenvalue weighted by Gasteiger charge is 2.22. The molecule has 0 bridgehead atoms. The van der Waals surface area contributed by atoms with Crippen molar-refractivity contribution in [2.75, 3.05) is 0 Å². The molecular weight excluding hydrogens is 761 g/mol. The molecule has 0 radical (unpaired) electrons. The molecule has 63 heavy (non-hydrogen) atoms. The second-order valence-corrected chi connectivity index (χ2v) is 16.9. The molecule has 0 atom stereocenters. The normalized spacial score (nSPS) is 12.1. The highest BCUT2D eigenvalue weighted by Crippen LogP contribution is 2.47. The second-order valence-electron chi connectivity index (χ2n) is 16.9. The van der Waals surface area contributed by atoms with Gasteiger partial charge in [-0.2, -0.15) is 0 Å². The van der Waals surface area contributed by atoms with Crippen molar-refractivity contribution in [2.45, 2.75) is 0 Å². The predicted octanol–water partition coefficient (Wildman–Crippen LogP) is 16.7. The third kappa shape index (κ3) is 4.86. The molecule has 0 saturated heterocycles. The number of hydrogen-bond acceptors (Lipinski definition) is 1. The predicted molar refractivity (Wildman–Crippen MR) is 269 cm³/mol. The van der Waals surface area contributed by atoms with Crippen molar-refractivity contribution in [1.82, 2.24) is 9.55 Å². The van der Waals surface area contributed by atoms with Crippen LogP contribution in [0.3, 0.4) is 0 Å². The first kappa shape index (κ1) is 34.4. The van der Waals surface area contributed by atoms with Gasteiger partial charge in [0, 0.05) is 16.3 Å². The van der Waals surface area contributed by atoms with Crippen LogP contribution in [-0.2, 0) is 0 Å². The topological polar surface area (TPSA) is 17.8 Å². The number of benzene rings is 12. The van der Waals surface area contributed by atoms with Gasteiger partial charge in [0.1, 0.15) is 5.82 Å². The molecule has 14 aromatic rings. The largest absolute Gasteiger partial charge is 0.291 e. The van der Waals surface area contributed by atoms with Gasteiger partial charge in [-0.05, 0) is 116 Å². The van der Waals surface area contributed by atoms with E-state index in [1.807, 2.05) is 0 Å². The minimum atomic E-state index is 0.936. The van der Waals surface area contributed by atoms with Crippen LogP contribution in [0.5, 0.6) is 0 Å². The number of nitrogens with zero attached hydrogens (tertiary/aromatic N) is 2. The zero-order valence-corrected chi connectivity index (χ0v) is 34.2. The van der Waals surface area contributed by atoms with Gasteiger partial charge in [0.25, 0.3) is 0 Å². The van der Waals surface area contributed by atoms with E-state index in [0.717, 1.165) is 28.1 Å². The fourth-order valence-electron chi connectivity index (χ4n) is 11.0. The maximum atomic E-state index is 5.25. The molecule has 13 aromatic carbocycles. The molecule has 2 nitrogen and oxygen atoms in total. The summed E-state index contributed by atoms with van der Waals surface area (Å²) in [6.45, 7) is 0. The van der Waals surface area contributed by atoms with Crippen molar-refractivity contribution in [3.05, 3.63) is 218 Å². The Kier molecular flexibility index (Phi) is 7.14. The van der Waals surface area contributed by atoms with Gasteiger partial charge in [0.15, 0.2) is 0 Å². The molecule has 0 aliphatic rings. The number of imidazole rings is 1. The Morgan fingerprint density at radius 2 is 0.778 bits per heavy atom. The standard InChI is InChI=1S/C61H36N2/c1-2-14-41(15-3-1)61-62-53-28-8-9-29-54(53)63(61)60-50-21-6-4-19-47(50)55(48-20-5-7-22-51(48)60)40-32-30-37(31-33-40)52-36-42-18-12-25-44-43-23-10-16-38-34-35-39-17-11-24-45(57(39)56(38)43)46-26-13-27-49(52)59(46)58(42)44/h1-36H. The van der Waals surface area contributed by atoms with E-state index in [0.29, 0.717) is 0 Å². The Morgan fingerprint density at radius 3 is 1.43 bits per heavy atom. The van der Waals surface area contributed by atoms with Crippen molar-refractivity contribution in [3.8, 4) is 39.3 Å². The summed E-state index contributed by atoms with van der Waals surface area (Å²) >= 11 is 0. The van der Waals surface area contributed by atoms with Gasteiger partial charge in [0.05, 0.1) is 16.7 Å². The van der Waals surface area contributed by atoms with Crippen LogP contribution in [0.15, 0.2) is 218 Å². The molecule has 0 aliphatic heterocycles. The summed E-state index contributed by atoms with van der Waals surface area (Å²) in [5.41, 5.74) is 9.17. The van der Waals surface area contributed by atoms with Crippen LogP contribution in [0, 0.1) is 0 Å². The van der Waals surface area contributed by atoms with E-state index in [1.165, 1.54) is 108 Å². The first-order valence-electron chi connectivity index (χ1n) is 21.8. The summed E-state index contributed by atoms with van der Waals surface area (Å²) in [7, 11) is 0. The number of aromatic nitrogens is 2. The third-order valence-corrected chi connectivity index (χ3v) is 13.7. The summed E-state index contributed by atoms with van der Waals surface area (Å²) in [6.07, 6.45) is 0. The first-order chi connectivity index (χ1) is 31.3. The Morgan fingerprint density at radius 1 is 0.302 bits per heavy atom. The van der Waals surface area contributed by atoms with Crippen LogP contribution in [0.2, 0.25) is 0 Å². The number of rotatable bonds is 4. The third-order valence-electron chi connectivity index (χ3n) is 13.7. The van der Waals surface area contributed by atoms with Crippen molar-refractivity contribution < 1.29 is 0 Å². The highest BCUT2D eigenvalue weighted by molar-refractivity contribution is 6.38. The summed E-state index contributed by atoms with van der Waals surface area (Å²) < 4.78 is 2.38. The van der Waals surface area contributed by atoms with Crippen LogP contribution in [0.1, 0.15) is 0 Å². The van der Waals surface area contributed by atoms with Gasteiger partial charge in [0.2, 0.25) is 0 Å². The molecule has 0 amide bonds. The number of para-hydroxylation sites is 2. The van der Waals surface area contributed by atoms with E-state index in [-0.39, 0.29) is 0 Å². The van der Waals surface area contributed by atoms with E-state index in [4.69, 9.17) is 4.98 Å². The van der Waals surface area contributed by atoms with Crippen LogP contribution >= 0.6 is 0 Å². The van der Waals surface area contributed by atoms with E-state index in [2.05, 4.69) is 223 Å². The van der Waals surface area contributed by atoms with Gasteiger partial charge in [-0.15, -0.1) is 0 Å². The Bertz CT molecular complexity index is 4120. The van der Waals surface area contributed by atoms with E-state index in [9.17, 15) is 0 Å². The molecule has 1 aromatic heterocycles. The lowest BCUT2D eigenvalue weighted by molar-refractivity contribution is 1.13. The molecule has 14 rings (SSSR count). The molecule has 290 valence electrons. The molecule has 0 N–H and O–H groups in total. The Balaban J connectivity index is 1.01. The van der Waals surface area contributed by atoms with Crippen LogP contribution in [0.25, 0.3) is 137 Å². The SMILES string of the molecule is c1ccc(-c2nc3ccccc3n2-c2c3ccccc3c(-c3ccc(-c4cc5cccc6c7cccc8ccc9cccc(c%10cccc4c%10c56)c9c87)cc3)c3ccccc23)cc1. The molecule has 1 heterocycles. The lowest BCUT2D eigenvalue weighted by Gasteiger charge is -2.20. The Labute approximate surface area is 362 Å². The van der Waals surface area contributed by atoms with E-state index >= 15 is 0 Å². The maximum absolute atomic E-state index is 5.25. The monoisotopic (exact) mass is 796 g/mol. The van der Waals surface area contributed by atoms with Crippen LogP contribution < -0.4 is 0 Å². The van der Waals surface area contributed by atoms with E-state index < -0.39 is 0 Å². The van der Waals surface area contributed by atoms with Gasteiger partial charge in [-0.1, -0.05) is 200 Å². The van der Waals surface area contributed by atoms with Crippen molar-refractivity contribution in [3.63, 3.8) is 0 Å². The van der Waals surface area contributed by atoms with Crippen LogP contribution in [-0.4, -0.2) is 9.55 Å². The van der Waals surface area contributed by atoms with Crippen molar-refractivity contribution in [2.24, 2.45) is 0 Å². The van der Waals surface area contributed by atoms with Gasteiger partial charge in [-0.25, -0.2) is 4.98 Å². The fourth-order valence-corrected chi connectivity index (χ4v) is 11.0. The van der Waals surface area contributed by atoms with Gasteiger partial charge < -0.3 is 0 Å². The van der Waals surface area contributed by atoms with E-state index in [1.54, 1.807) is 0 Å². The van der Waals surface area contributed by atoms with Crippen LogP contribution in [0.4, 0.5) is 0 Å². The summed E-state index contributed by atoms with van der Waals surface area (Å²) in [6, 6.07) is 80.6. The smallest absolute Gasteiger partial charge is 0.145 e. The van der Waals surface area contributed by atoms with Gasteiger partial charge >= 0.3 is 0 Å². The second kappa shape index (κ2) is 13.1. The summed E-state index contributed by atoms with van der Waals surface area (Å²) in [4.78, 5) is 5.25. The van der Waals surface area contributed by atoms with Crippen molar-refractivity contribution in [1.29, 1.82) is 0 Å². The van der Waals surface area contributed by atoms with Gasteiger partial charge in [-0.3, -0.25) is 4.57 Å². The number of hydrogen-bond donors (Lipinski definition) is 0. The minimum Gasteiger partial charge on any atom is -0.291 e. The highest BCUT2D eigenvalue weighted by atomic mass is 15.1. The summed E-state index contributed by atoms with van der Waals surface area (Å²) in [5.74, 6) is 0.936. The quantitative estimate of drug-likeness (QED) is 0.128. The lowest BCUT2D eigenvalue weighted by Crippen LogP contribution is -2.01. The lowest BCUT2D eigenvalue weighted by atomic mass is 9.85. The summed E-state index contributed by atoms with van der Waals surface area (Å²) in [5, 5.41) is 20.4. The Hall–Kier alpha value is -8.33. The average molecular weight is 797 g/mol. The number of fused-ring (bicyclic) bond motifs is 5. The van der Waals surface area contributed by atoms with Crippen molar-refractivity contribution >= 4 is 97.2 Å². The zero-order valence-electron chi connectivity index (χ0n) is 34.2. The first-order valence-corrected chi connectivity index (χ1v) is 21.8. The average Bonchev–Trinajstić information content (AvgIpc) is 3.73. The molecular formula is C61H36N2. The molecule has 0 aliphatic carbocycles. The molecule has 0 fully saturated rings. The molecule has 2 heteroatoms.